The summed E-state index contributed by atoms with van der Waals surface area (Å²) in [7, 11) is 16.2. The van der Waals surface area contributed by atoms with Crippen LogP contribution in [-0.4, -0.2) is 114 Å². The zero-order chi connectivity index (χ0) is 17.8. The molecule has 0 radical (unpaired) electrons. The Morgan fingerprint density at radius 2 is 1.48 bits per heavy atom. The van der Waals surface area contributed by atoms with Crippen LogP contribution in [0.2, 0.25) is 0 Å². The molecule has 7 heteroatoms. The zero-order valence-corrected chi connectivity index (χ0v) is 16.4. The maximum atomic E-state index is 5.67. The van der Waals surface area contributed by atoms with E-state index in [1.54, 1.807) is 0 Å². The molecular weight excluding hydrogens is 292 g/mol. The summed E-state index contributed by atoms with van der Waals surface area (Å²) in [6.45, 7) is 3.24. The van der Waals surface area contributed by atoms with Gasteiger partial charge in [-0.05, 0) is 6.42 Å². The smallest absolute Gasteiger partial charge is 0.347 e. The van der Waals surface area contributed by atoms with Crippen molar-refractivity contribution >= 4 is 11.9 Å². The summed E-state index contributed by atoms with van der Waals surface area (Å²) in [4.78, 5) is 10.7. The molecule has 0 aromatic carbocycles. The van der Waals surface area contributed by atoms with Crippen LogP contribution in [0.4, 0.5) is 0 Å². The maximum absolute atomic E-state index is 5.67. The van der Waals surface area contributed by atoms with E-state index in [1.165, 1.54) is 0 Å². The Labute approximate surface area is 142 Å². The van der Waals surface area contributed by atoms with E-state index in [2.05, 4.69) is 19.8 Å². The van der Waals surface area contributed by atoms with Gasteiger partial charge in [0, 0.05) is 54.4 Å². The second kappa shape index (κ2) is 12.0. The monoisotopic (exact) mass is 329 g/mol. The highest BCUT2D eigenvalue weighted by molar-refractivity contribution is 5.79. The minimum atomic E-state index is 0.759. The number of aliphatic imine (C=N–C) groups is 1. The molecule has 0 heterocycles. The lowest BCUT2D eigenvalue weighted by Crippen LogP contribution is -2.42. The summed E-state index contributed by atoms with van der Waals surface area (Å²) in [5.41, 5.74) is 0. The predicted octanol–water partition coefficient (Wildman–Crippen LogP) is 0.0417. The Bertz CT molecular complexity index is 363. The average Bonchev–Trinajstić information content (AvgIpc) is 2.42. The van der Waals surface area contributed by atoms with Crippen molar-refractivity contribution in [2.24, 2.45) is 4.99 Å². The van der Waals surface area contributed by atoms with E-state index in [0.717, 1.165) is 51.1 Å². The van der Waals surface area contributed by atoms with Crippen LogP contribution in [0.1, 0.15) is 12.8 Å². The van der Waals surface area contributed by atoms with E-state index in [4.69, 9.17) is 4.74 Å². The van der Waals surface area contributed by atoms with Crippen molar-refractivity contribution in [3.63, 3.8) is 0 Å². The largest absolute Gasteiger partial charge is 0.381 e. The lowest BCUT2D eigenvalue weighted by molar-refractivity contribution is -0.472. The first-order valence-electron chi connectivity index (χ1n) is 8.19. The van der Waals surface area contributed by atoms with E-state index >= 15 is 0 Å². The molecule has 0 aliphatic rings. The van der Waals surface area contributed by atoms with Crippen LogP contribution in [0, 0.1) is 0 Å². The van der Waals surface area contributed by atoms with E-state index < -0.39 is 0 Å². The Hall–Kier alpha value is -1.50. The van der Waals surface area contributed by atoms with Crippen molar-refractivity contribution in [2.45, 2.75) is 12.8 Å². The number of nitrogens with one attached hydrogen (secondary N) is 1. The number of nitrogens with zero attached hydrogens (tertiary/aromatic N) is 5. The summed E-state index contributed by atoms with van der Waals surface area (Å²) >= 11 is 0. The van der Waals surface area contributed by atoms with Crippen LogP contribution >= 0.6 is 0 Å². The summed E-state index contributed by atoms with van der Waals surface area (Å²) in [6.07, 6.45) is 1.94. The van der Waals surface area contributed by atoms with Crippen LogP contribution in [0.5, 0.6) is 0 Å². The second-order valence-corrected chi connectivity index (χ2v) is 6.33. The average molecular weight is 330 g/mol. The van der Waals surface area contributed by atoms with E-state index in [0.29, 0.717) is 0 Å². The molecule has 0 bridgehead atoms. The molecule has 1 N–H and O–H groups in total. The minimum absolute atomic E-state index is 0.759. The number of ether oxygens (including phenoxy) is 1. The predicted molar refractivity (Wildman–Crippen MR) is 98.5 cm³/mol. The van der Waals surface area contributed by atoms with Crippen molar-refractivity contribution in [2.75, 3.05) is 82.7 Å². The highest BCUT2D eigenvalue weighted by Gasteiger charge is 2.09. The van der Waals surface area contributed by atoms with Crippen molar-refractivity contribution in [1.82, 2.24) is 20.0 Å². The molecule has 0 saturated carbocycles. The molecule has 0 aliphatic carbocycles. The van der Waals surface area contributed by atoms with Crippen molar-refractivity contribution in [3.05, 3.63) is 0 Å². The standard InChI is InChI=1S/C16H36N6O/c1-19(2)15(20(3)4)17-11-9-13-23-14-10-12-18-16(21(5)6)22(7)8/h9-14H2,1-8H3/p+1. The van der Waals surface area contributed by atoms with Crippen molar-refractivity contribution in [1.29, 1.82) is 0 Å². The fraction of sp³-hybridized carbons (Fsp3) is 0.875. The van der Waals surface area contributed by atoms with Crippen LogP contribution in [-0.2, 0) is 4.74 Å². The molecule has 0 aromatic heterocycles. The molecule has 7 nitrogen and oxygen atoms in total. The number of rotatable bonds is 8. The molecule has 0 unspecified atom stereocenters. The number of hydrogen-bond donors (Lipinski definition) is 1. The van der Waals surface area contributed by atoms with Gasteiger partial charge < -0.3 is 14.5 Å². The van der Waals surface area contributed by atoms with Crippen molar-refractivity contribution < 1.29 is 9.31 Å². The first-order valence-corrected chi connectivity index (χ1v) is 8.19. The molecule has 0 spiro atoms. The van der Waals surface area contributed by atoms with Gasteiger partial charge in [-0.2, -0.15) is 0 Å². The first kappa shape index (κ1) is 21.5. The molecule has 0 fully saturated rings. The highest BCUT2D eigenvalue weighted by Crippen LogP contribution is 1.92. The Kier molecular flexibility index (Phi) is 11.2. The van der Waals surface area contributed by atoms with Gasteiger partial charge in [0.25, 0.3) is 0 Å². The molecule has 0 amide bonds. The SMILES string of the molecule is CN(C)C(=NCCCOCCCNC(N(C)C)=[N+](C)C)N(C)C. The molecular formula is C16H37N6O+. The van der Waals surface area contributed by atoms with Gasteiger partial charge in [0.2, 0.25) is 0 Å². The molecule has 0 aliphatic heterocycles. The van der Waals surface area contributed by atoms with Crippen molar-refractivity contribution in [3.8, 4) is 0 Å². The molecule has 0 saturated heterocycles. The third kappa shape index (κ3) is 9.99. The number of hydrogen-bond acceptors (Lipinski definition) is 2. The van der Waals surface area contributed by atoms with Gasteiger partial charge in [0.1, 0.15) is 0 Å². The third-order valence-electron chi connectivity index (χ3n) is 3.10. The molecule has 0 aromatic rings. The first-order chi connectivity index (χ1) is 10.8. The Balaban J connectivity index is 3.75. The quantitative estimate of drug-likeness (QED) is 0.295. The van der Waals surface area contributed by atoms with Gasteiger partial charge in [0.05, 0.1) is 34.7 Å². The normalized spacial score (nSPS) is 10.1. The van der Waals surface area contributed by atoms with Crippen LogP contribution in [0.15, 0.2) is 4.99 Å². The Morgan fingerprint density at radius 1 is 0.913 bits per heavy atom. The van der Waals surface area contributed by atoms with E-state index in [1.807, 2.05) is 66.2 Å². The fourth-order valence-electron chi connectivity index (χ4n) is 2.22. The number of guanidine groups is 2. The summed E-state index contributed by atoms with van der Waals surface area (Å²) in [5, 5.41) is 3.42. The van der Waals surface area contributed by atoms with Gasteiger partial charge in [-0.15, -0.1) is 0 Å². The van der Waals surface area contributed by atoms with Crippen LogP contribution in [0.25, 0.3) is 0 Å². The topological polar surface area (TPSA) is 46.4 Å². The fourth-order valence-corrected chi connectivity index (χ4v) is 2.22. The van der Waals surface area contributed by atoms with Crippen LogP contribution < -0.4 is 5.32 Å². The minimum Gasteiger partial charge on any atom is -0.381 e. The summed E-state index contributed by atoms with van der Waals surface area (Å²) in [6, 6.07) is 0. The Morgan fingerprint density at radius 3 is 1.96 bits per heavy atom. The molecule has 0 rings (SSSR count). The lowest BCUT2D eigenvalue weighted by Gasteiger charge is -2.22. The highest BCUT2D eigenvalue weighted by atomic mass is 16.5. The van der Waals surface area contributed by atoms with Gasteiger partial charge >= 0.3 is 5.96 Å². The summed E-state index contributed by atoms with van der Waals surface area (Å²) in [5.74, 6) is 2.10. The maximum Gasteiger partial charge on any atom is 0.347 e. The third-order valence-corrected chi connectivity index (χ3v) is 3.10. The van der Waals surface area contributed by atoms with E-state index in [-0.39, 0.29) is 0 Å². The van der Waals surface area contributed by atoms with Gasteiger partial charge in [-0.1, -0.05) is 0 Å². The summed E-state index contributed by atoms with van der Waals surface area (Å²) < 4.78 is 7.74. The molecule has 23 heavy (non-hydrogen) atoms. The second-order valence-electron chi connectivity index (χ2n) is 6.33. The van der Waals surface area contributed by atoms with Gasteiger partial charge in [-0.3, -0.25) is 19.8 Å². The molecule has 136 valence electrons. The lowest BCUT2D eigenvalue weighted by atomic mass is 10.4. The van der Waals surface area contributed by atoms with Gasteiger partial charge in [0.15, 0.2) is 5.96 Å². The van der Waals surface area contributed by atoms with E-state index in [9.17, 15) is 0 Å². The molecule has 0 atom stereocenters. The van der Waals surface area contributed by atoms with Gasteiger partial charge in [-0.25, -0.2) is 0 Å². The van der Waals surface area contributed by atoms with Crippen LogP contribution in [0.3, 0.4) is 0 Å². The zero-order valence-electron chi connectivity index (χ0n) is 16.4.